The van der Waals surface area contributed by atoms with Gasteiger partial charge in [-0.15, -0.1) is 5.10 Å². The van der Waals surface area contributed by atoms with Crippen LogP contribution in [-0.2, 0) is 0 Å². The van der Waals surface area contributed by atoms with E-state index in [0.717, 1.165) is 23.6 Å². The van der Waals surface area contributed by atoms with Crippen molar-refractivity contribution in [3.63, 3.8) is 0 Å². The van der Waals surface area contributed by atoms with Crippen molar-refractivity contribution in [2.45, 2.75) is 44.7 Å². The summed E-state index contributed by atoms with van der Waals surface area (Å²) in [5, 5.41) is 8.41. The third-order valence-corrected chi connectivity index (χ3v) is 3.50. The average molecular weight is 189 g/mol. The van der Waals surface area contributed by atoms with Gasteiger partial charge in [0, 0.05) is 12.1 Å². The zero-order valence-corrected chi connectivity index (χ0v) is 8.48. The molecule has 0 amide bonds. The van der Waals surface area contributed by atoms with Crippen LogP contribution in [0.2, 0.25) is 0 Å². The zero-order chi connectivity index (χ0) is 9.54. The molecule has 1 aromatic heterocycles. The van der Waals surface area contributed by atoms with Crippen LogP contribution in [0.3, 0.4) is 0 Å². The summed E-state index contributed by atoms with van der Waals surface area (Å²) in [5.74, 6) is 1.08. The molecule has 0 spiro atoms. The molecule has 0 N–H and O–H groups in total. The highest BCUT2D eigenvalue weighted by Gasteiger charge is 2.39. The minimum atomic E-state index is 0.747. The first-order chi connectivity index (χ1) is 6.84. The SMILES string of the molecule is Cc1ccc(N2C3CCC2CC3)nn1. The first kappa shape index (κ1) is 8.21. The van der Waals surface area contributed by atoms with Gasteiger partial charge in [-0.3, -0.25) is 0 Å². The summed E-state index contributed by atoms with van der Waals surface area (Å²) in [7, 11) is 0. The number of hydrogen-bond acceptors (Lipinski definition) is 3. The van der Waals surface area contributed by atoms with E-state index in [4.69, 9.17) is 0 Å². The van der Waals surface area contributed by atoms with E-state index >= 15 is 0 Å². The second kappa shape index (κ2) is 2.94. The molecule has 3 heteroatoms. The van der Waals surface area contributed by atoms with Crippen LogP contribution in [0.4, 0.5) is 5.82 Å². The molecule has 3 nitrogen and oxygen atoms in total. The topological polar surface area (TPSA) is 29.0 Å². The highest BCUT2D eigenvalue weighted by atomic mass is 15.3. The summed E-state index contributed by atoms with van der Waals surface area (Å²) in [6, 6.07) is 5.66. The Morgan fingerprint density at radius 1 is 1.07 bits per heavy atom. The number of anilines is 1. The van der Waals surface area contributed by atoms with Crippen molar-refractivity contribution in [3.05, 3.63) is 17.8 Å². The fraction of sp³-hybridized carbons (Fsp3) is 0.636. The fourth-order valence-electron chi connectivity index (χ4n) is 2.82. The number of aryl methyl sites for hydroxylation is 1. The van der Waals surface area contributed by atoms with Gasteiger partial charge in [-0.2, -0.15) is 5.10 Å². The molecule has 3 rings (SSSR count). The summed E-state index contributed by atoms with van der Waals surface area (Å²) in [6.07, 6.45) is 5.39. The lowest BCUT2D eigenvalue weighted by molar-refractivity contribution is 0.576. The molecule has 3 heterocycles. The summed E-state index contributed by atoms with van der Waals surface area (Å²) in [5.41, 5.74) is 1.00. The number of aromatic nitrogens is 2. The average Bonchev–Trinajstić information content (AvgIpc) is 2.78. The number of fused-ring (bicyclic) bond motifs is 2. The molecule has 0 unspecified atom stereocenters. The normalized spacial score (nSPS) is 29.9. The molecule has 74 valence electrons. The van der Waals surface area contributed by atoms with Gasteiger partial charge in [0.15, 0.2) is 5.82 Å². The van der Waals surface area contributed by atoms with E-state index in [1.54, 1.807) is 0 Å². The summed E-state index contributed by atoms with van der Waals surface area (Å²) < 4.78 is 0. The Kier molecular flexibility index (Phi) is 1.72. The third-order valence-electron chi connectivity index (χ3n) is 3.50. The van der Waals surface area contributed by atoms with Crippen molar-refractivity contribution in [1.82, 2.24) is 10.2 Å². The molecule has 2 aliphatic heterocycles. The van der Waals surface area contributed by atoms with Gasteiger partial charge >= 0.3 is 0 Å². The number of hydrogen-bond donors (Lipinski definition) is 0. The van der Waals surface area contributed by atoms with E-state index in [1.165, 1.54) is 25.7 Å². The van der Waals surface area contributed by atoms with Crippen molar-refractivity contribution in [2.75, 3.05) is 4.90 Å². The summed E-state index contributed by atoms with van der Waals surface area (Å²) in [6.45, 7) is 1.98. The Bertz CT molecular complexity index is 313. The smallest absolute Gasteiger partial charge is 0.151 e. The lowest BCUT2D eigenvalue weighted by Gasteiger charge is -2.22. The largest absolute Gasteiger partial charge is 0.349 e. The van der Waals surface area contributed by atoms with E-state index in [9.17, 15) is 0 Å². The maximum Gasteiger partial charge on any atom is 0.151 e. The van der Waals surface area contributed by atoms with Gasteiger partial charge in [-0.05, 0) is 44.7 Å². The van der Waals surface area contributed by atoms with Crippen LogP contribution in [0.5, 0.6) is 0 Å². The van der Waals surface area contributed by atoms with Gasteiger partial charge < -0.3 is 4.90 Å². The van der Waals surface area contributed by atoms with Gasteiger partial charge in [0.05, 0.1) is 5.69 Å². The maximum absolute atomic E-state index is 4.28. The maximum atomic E-state index is 4.28. The van der Waals surface area contributed by atoms with Crippen molar-refractivity contribution < 1.29 is 0 Å². The number of rotatable bonds is 1. The monoisotopic (exact) mass is 189 g/mol. The summed E-state index contributed by atoms with van der Waals surface area (Å²) >= 11 is 0. The molecule has 1 aromatic rings. The fourth-order valence-corrected chi connectivity index (χ4v) is 2.82. The molecular weight excluding hydrogens is 174 g/mol. The standard InChI is InChI=1S/C11H15N3/c1-8-2-7-11(13-12-8)14-9-3-4-10(14)6-5-9/h2,7,9-10H,3-6H2,1H3. The second-order valence-electron chi connectivity index (χ2n) is 4.40. The van der Waals surface area contributed by atoms with Crippen LogP contribution >= 0.6 is 0 Å². The quantitative estimate of drug-likeness (QED) is 0.675. The molecule has 0 radical (unpaired) electrons. The molecule has 2 aliphatic rings. The predicted octanol–water partition coefficient (Wildman–Crippen LogP) is 1.92. The minimum absolute atomic E-state index is 0.747. The Morgan fingerprint density at radius 3 is 2.21 bits per heavy atom. The Balaban J connectivity index is 1.92. The van der Waals surface area contributed by atoms with E-state index < -0.39 is 0 Å². The molecule has 0 atom stereocenters. The molecule has 2 saturated heterocycles. The zero-order valence-electron chi connectivity index (χ0n) is 8.48. The van der Waals surface area contributed by atoms with Crippen LogP contribution in [-0.4, -0.2) is 22.3 Å². The van der Waals surface area contributed by atoms with E-state index in [1.807, 2.05) is 6.92 Å². The van der Waals surface area contributed by atoms with E-state index in [0.29, 0.717) is 0 Å². The molecule has 0 saturated carbocycles. The van der Waals surface area contributed by atoms with E-state index in [-0.39, 0.29) is 0 Å². The van der Waals surface area contributed by atoms with Gasteiger partial charge in [-0.1, -0.05) is 0 Å². The Labute approximate surface area is 84.1 Å². The molecule has 14 heavy (non-hydrogen) atoms. The molecule has 2 bridgehead atoms. The van der Waals surface area contributed by atoms with Crippen LogP contribution in [0.1, 0.15) is 31.4 Å². The lowest BCUT2D eigenvalue weighted by Crippen LogP contribution is -2.29. The van der Waals surface area contributed by atoms with Gasteiger partial charge in [0.1, 0.15) is 0 Å². The highest BCUT2D eigenvalue weighted by Crippen LogP contribution is 2.39. The number of nitrogens with zero attached hydrogens (tertiary/aromatic N) is 3. The Hall–Kier alpha value is -1.12. The molecule has 0 aromatic carbocycles. The first-order valence-corrected chi connectivity index (χ1v) is 5.43. The Morgan fingerprint density at radius 2 is 1.71 bits per heavy atom. The molecular formula is C11H15N3. The molecule has 2 fully saturated rings. The lowest BCUT2D eigenvalue weighted by atomic mass is 10.0. The second-order valence-corrected chi connectivity index (χ2v) is 4.40. The van der Waals surface area contributed by atoms with Crippen LogP contribution in [0.25, 0.3) is 0 Å². The minimum Gasteiger partial charge on any atom is -0.349 e. The van der Waals surface area contributed by atoms with Crippen LogP contribution in [0.15, 0.2) is 12.1 Å². The van der Waals surface area contributed by atoms with Crippen molar-refractivity contribution in [2.24, 2.45) is 0 Å². The van der Waals surface area contributed by atoms with Crippen molar-refractivity contribution in [1.29, 1.82) is 0 Å². The van der Waals surface area contributed by atoms with Gasteiger partial charge in [-0.25, -0.2) is 0 Å². The van der Waals surface area contributed by atoms with Crippen LogP contribution in [0, 0.1) is 6.92 Å². The van der Waals surface area contributed by atoms with Crippen molar-refractivity contribution in [3.8, 4) is 0 Å². The first-order valence-electron chi connectivity index (χ1n) is 5.43. The molecule has 0 aliphatic carbocycles. The van der Waals surface area contributed by atoms with Crippen LogP contribution < -0.4 is 4.90 Å². The van der Waals surface area contributed by atoms with Crippen molar-refractivity contribution >= 4 is 5.82 Å². The predicted molar refractivity (Wildman–Crippen MR) is 55.3 cm³/mol. The summed E-state index contributed by atoms with van der Waals surface area (Å²) in [4.78, 5) is 2.48. The highest BCUT2D eigenvalue weighted by molar-refractivity contribution is 5.43. The van der Waals surface area contributed by atoms with Gasteiger partial charge in [0.25, 0.3) is 0 Å². The van der Waals surface area contributed by atoms with E-state index in [2.05, 4.69) is 27.2 Å². The van der Waals surface area contributed by atoms with Gasteiger partial charge in [0.2, 0.25) is 0 Å². The third kappa shape index (κ3) is 1.11.